The molecular weight excluding hydrogens is 255 g/mol. The average molecular weight is 263 g/mol. The van der Waals surface area contributed by atoms with Crippen molar-refractivity contribution in [3.63, 3.8) is 0 Å². The molecule has 5 heteroatoms. The summed E-state index contributed by atoms with van der Waals surface area (Å²) in [6, 6.07) is 0. The number of anilines is 1. The van der Waals surface area contributed by atoms with Gasteiger partial charge in [-0.2, -0.15) is 0 Å². The Hall–Kier alpha value is -0.101. The molecule has 1 amide bonds. The van der Waals surface area contributed by atoms with Gasteiger partial charge in [0.25, 0.3) is 0 Å². The molecule has 0 aliphatic carbocycles. The van der Waals surface area contributed by atoms with Crippen molar-refractivity contribution in [3.05, 3.63) is 6.20 Å². The molecule has 0 radical (unpaired) electrons. The Balaban J connectivity index is 2.67. The van der Waals surface area contributed by atoms with Crippen molar-refractivity contribution in [3.8, 4) is 0 Å². The fourth-order valence-corrected chi connectivity index (χ4v) is 3.30. The van der Waals surface area contributed by atoms with E-state index in [9.17, 15) is 4.79 Å². The zero-order valence-electron chi connectivity index (χ0n) is 5.84. The number of hydrogen-bond donors (Lipinski definition) is 1. The Morgan fingerprint density at radius 1 is 1.90 bits per heavy atom. The number of amides is 1. The third-order valence-corrected chi connectivity index (χ3v) is 4.22. The van der Waals surface area contributed by atoms with E-state index >= 15 is 0 Å². The second-order valence-electron chi connectivity index (χ2n) is 1.96. The van der Waals surface area contributed by atoms with Crippen LogP contribution in [0.3, 0.4) is 0 Å². The van der Waals surface area contributed by atoms with Crippen LogP contribution in [0.5, 0.6) is 0 Å². The second kappa shape index (κ2) is 3.34. The van der Waals surface area contributed by atoms with Gasteiger partial charge in [0.15, 0.2) is 0 Å². The molecule has 54 valence electrons. The van der Waals surface area contributed by atoms with Crippen LogP contribution in [0, 0.1) is 0 Å². The first-order chi connectivity index (χ1) is 4.68. The van der Waals surface area contributed by atoms with E-state index in [1.165, 1.54) is 9.82 Å². The number of carbonyl (C=O) groups is 1. The molecule has 3 nitrogen and oxygen atoms in total. The Morgan fingerprint density at radius 2 is 2.60 bits per heavy atom. The monoisotopic (exact) mass is 264 g/mol. The van der Waals surface area contributed by atoms with Crippen molar-refractivity contribution in [1.82, 2.24) is 4.98 Å². The second-order valence-corrected chi connectivity index (χ2v) is 8.34. The maximum atomic E-state index is 10.5. The van der Waals surface area contributed by atoms with Crippen LogP contribution in [0.25, 0.3) is 0 Å². The summed E-state index contributed by atoms with van der Waals surface area (Å²) >= 11 is 2.08. The van der Waals surface area contributed by atoms with Gasteiger partial charge in [0.2, 0.25) is 0 Å². The van der Waals surface area contributed by atoms with Gasteiger partial charge in [-0.15, -0.1) is 0 Å². The Bertz CT molecular complexity index is 248. The molecule has 0 saturated carbocycles. The van der Waals surface area contributed by atoms with Crippen molar-refractivity contribution in [1.29, 1.82) is 0 Å². The molecule has 0 aliphatic heterocycles. The van der Waals surface area contributed by atoms with Crippen LogP contribution in [0.1, 0.15) is 6.92 Å². The number of rotatable bonds is 1. The standard InChI is InChI=1S/C5H5N2OS.Sn.3H/c1-4(8)7-5-6-2-3-9-5;;;;/h2H,1H3,(H,6,7,8);;;;. The predicted octanol–water partition coefficient (Wildman–Crippen LogP) is -0.908. The van der Waals surface area contributed by atoms with E-state index in [2.05, 4.69) is 10.3 Å². The van der Waals surface area contributed by atoms with E-state index in [0.717, 1.165) is 5.13 Å². The molecule has 1 aromatic rings. The van der Waals surface area contributed by atoms with Gasteiger partial charge in [0.1, 0.15) is 0 Å². The Morgan fingerprint density at radius 3 is 3.00 bits per heavy atom. The first kappa shape index (κ1) is 8.00. The van der Waals surface area contributed by atoms with Gasteiger partial charge in [-0.3, -0.25) is 0 Å². The maximum absolute atomic E-state index is 10.5. The van der Waals surface area contributed by atoms with Gasteiger partial charge in [0.05, 0.1) is 0 Å². The molecule has 10 heavy (non-hydrogen) atoms. The molecule has 1 rings (SSSR count). The van der Waals surface area contributed by atoms with E-state index in [1.807, 2.05) is 6.20 Å². The molecule has 1 heterocycles. The normalized spacial score (nSPS) is 9.70. The fourth-order valence-electron chi connectivity index (χ4n) is 0.563. The molecule has 0 unspecified atom stereocenters. The minimum atomic E-state index is -0.0513. The van der Waals surface area contributed by atoms with Gasteiger partial charge < -0.3 is 0 Å². The molecule has 0 bridgehead atoms. The van der Waals surface area contributed by atoms with Crippen LogP contribution in [-0.2, 0) is 4.79 Å². The van der Waals surface area contributed by atoms with E-state index in [-0.39, 0.29) is 5.91 Å². The third kappa shape index (κ3) is 2.26. The first-order valence-electron chi connectivity index (χ1n) is 2.88. The molecule has 0 fully saturated rings. The molecular formula is C5H8N2OSSn. The molecule has 0 aromatic carbocycles. The molecule has 0 atom stereocenters. The molecule has 1 N–H and O–H groups in total. The van der Waals surface area contributed by atoms with Crippen LogP contribution in [0.2, 0.25) is 0 Å². The number of carbonyl (C=O) groups excluding carboxylic acids is 1. The van der Waals surface area contributed by atoms with Crippen molar-refractivity contribution >= 4 is 47.8 Å². The summed E-state index contributed by atoms with van der Waals surface area (Å²) in [4.78, 5) is 14.5. The summed E-state index contributed by atoms with van der Waals surface area (Å²) in [5.74, 6) is -0.0513. The Kier molecular flexibility index (Phi) is 2.67. The van der Waals surface area contributed by atoms with E-state index in [1.54, 1.807) is 11.3 Å². The van der Waals surface area contributed by atoms with Gasteiger partial charge in [-0.1, -0.05) is 0 Å². The zero-order valence-corrected chi connectivity index (χ0v) is 12.4. The van der Waals surface area contributed by atoms with E-state index < -0.39 is 0 Å². The number of thiazole rings is 1. The van der Waals surface area contributed by atoms with E-state index in [4.69, 9.17) is 0 Å². The average Bonchev–Trinajstić information content (AvgIpc) is 2.13. The number of aromatic nitrogens is 1. The summed E-state index contributed by atoms with van der Waals surface area (Å²) in [7, 11) is 0. The van der Waals surface area contributed by atoms with Gasteiger partial charge in [-0.25, -0.2) is 0 Å². The summed E-state index contributed by atoms with van der Waals surface area (Å²) in [5.41, 5.74) is 0. The first-order valence-corrected chi connectivity index (χ1v) is 6.55. The summed E-state index contributed by atoms with van der Waals surface area (Å²) < 4.78 is 1.31. The van der Waals surface area contributed by atoms with Gasteiger partial charge >= 0.3 is 76.0 Å². The van der Waals surface area contributed by atoms with Crippen LogP contribution in [0.15, 0.2) is 6.20 Å². The van der Waals surface area contributed by atoms with Gasteiger partial charge in [0, 0.05) is 0 Å². The van der Waals surface area contributed by atoms with Crippen molar-refractivity contribution < 1.29 is 4.79 Å². The molecule has 0 saturated heterocycles. The minimum absolute atomic E-state index is 0.0513. The van der Waals surface area contributed by atoms with Crippen LogP contribution in [0.4, 0.5) is 5.13 Å². The van der Waals surface area contributed by atoms with Crippen LogP contribution < -0.4 is 8.21 Å². The molecule has 0 spiro atoms. The third-order valence-electron chi connectivity index (χ3n) is 0.904. The van der Waals surface area contributed by atoms with Gasteiger partial charge in [-0.05, 0) is 0 Å². The van der Waals surface area contributed by atoms with Crippen molar-refractivity contribution in [2.75, 3.05) is 5.32 Å². The van der Waals surface area contributed by atoms with Crippen molar-refractivity contribution in [2.24, 2.45) is 0 Å². The van der Waals surface area contributed by atoms with E-state index in [0.29, 0.717) is 22.5 Å². The number of hydrogen-bond acceptors (Lipinski definition) is 3. The fraction of sp³-hybridized carbons (Fsp3) is 0.200. The number of nitrogens with one attached hydrogen (secondary N) is 1. The molecule has 0 aliphatic rings. The topological polar surface area (TPSA) is 42.0 Å². The van der Waals surface area contributed by atoms with Crippen LogP contribution >= 0.6 is 11.3 Å². The number of nitrogens with zero attached hydrogens (tertiary/aromatic N) is 1. The summed E-state index contributed by atoms with van der Waals surface area (Å²) in [5, 5.41) is 3.35. The van der Waals surface area contributed by atoms with Crippen LogP contribution in [-0.4, -0.2) is 33.4 Å². The quantitative estimate of drug-likeness (QED) is 0.666. The summed E-state index contributed by atoms with van der Waals surface area (Å²) in [6.07, 6.45) is 1.83. The van der Waals surface area contributed by atoms with Crippen molar-refractivity contribution in [2.45, 2.75) is 6.92 Å². The predicted molar refractivity (Wildman–Crippen MR) is 46.0 cm³/mol. The summed E-state index contributed by atoms with van der Waals surface area (Å²) in [6.45, 7) is 1.49. The SMILES string of the molecule is CC(=O)Nc1nc[c]([SnH3])s1. The zero-order chi connectivity index (χ0) is 7.56. The molecule has 1 aromatic heterocycles. The Labute approximate surface area is 75.9 Å².